The van der Waals surface area contributed by atoms with E-state index in [1.807, 2.05) is 25.1 Å². The third-order valence-corrected chi connectivity index (χ3v) is 3.82. The standard InChI is InChI=1S/C19H28N4O/c1-5-20-19(23(4)15-17-11-9-13-22(17)3)21-14-16-10-7-8-12-18(16)24-6-2/h7-13H,5-6,14-15H2,1-4H3,(H,20,21). The van der Waals surface area contributed by atoms with Crippen molar-refractivity contribution in [2.24, 2.45) is 12.0 Å². The molecule has 0 atom stereocenters. The molecule has 0 unspecified atom stereocenters. The third-order valence-electron chi connectivity index (χ3n) is 3.82. The fraction of sp³-hybridized carbons (Fsp3) is 0.421. The Balaban J connectivity index is 2.11. The molecule has 0 fully saturated rings. The van der Waals surface area contributed by atoms with Crippen molar-refractivity contribution in [2.45, 2.75) is 26.9 Å². The monoisotopic (exact) mass is 328 g/mol. The predicted molar refractivity (Wildman–Crippen MR) is 99.3 cm³/mol. The van der Waals surface area contributed by atoms with Gasteiger partial charge in [0, 0.05) is 38.1 Å². The van der Waals surface area contributed by atoms with Crippen molar-refractivity contribution in [2.75, 3.05) is 20.2 Å². The lowest BCUT2D eigenvalue weighted by Gasteiger charge is -2.22. The van der Waals surface area contributed by atoms with Crippen molar-refractivity contribution in [1.82, 2.24) is 14.8 Å². The Bertz CT molecular complexity index is 663. The van der Waals surface area contributed by atoms with Crippen LogP contribution < -0.4 is 10.1 Å². The van der Waals surface area contributed by atoms with Gasteiger partial charge in [-0.3, -0.25) is 0 Å². The summed E-state index contributed by atoms with van der Waals surface area (Å²) in [5, 5.41) is 3.36. The van der Waals surface area contributed by atoms with Gasteiger partial charge in [0.15, 0.2) is 5.96 Å². The van der Waals surface area contributed by atoms with E-state index in [-0.39, 0.29) is 0 Å². The van der Waals surface area contributed by atoms with Crippen LogP contribution in [0.2, 0.25) is 0 Å². The Labute approximate surface area is 145 Å². The van der Waals surface area contributed by atoms with E-state index in [1.54, 1.807) is 0 Å². The summed E-state index contributed by atoms with van der Waals surface area (Å²) < 4.78 is 7.81. The highest BCUT2D eigenvalue weighted by atomic mass is 16.5. The first-order valence-electron chi connectivity index (χ1n) is 8.46. The lowest BCUT2D eigenvalue weighted by Crippen LogP contribution is -2.38. The zero-order chi connectivity index (χ0) is 17.4. The van der Waals surface area contributed by atoms with Crippen LogP contribution in [0.1, 0.15) is 25.1 Å². The molecule has 0 spiro atoms. The van der Waals surface area contributed by atoms with E-state index >= 15 is 0 Å². The molecule has 0 bridgehead atoms. The number of nitrogens with zero attached hydrogens (tertiary/aromatic N) is 3. The van der Waals surface area contributed by atoms with Gasteiger partial charge in [-0.15, -0.1) is 0 Å². The summed E-state index contributed by atoms with van der Waals surface area (Å²) in [7, 11) is 4.12. The number of aromatic nitrogens is 1. The molecule has 24 heavy (non-hydrogen) atoms. The van der Waals surface area contributed by atoms with Crippen LogP contribution in [0, 0.1) is 0 Å². The summed E-state index contributed by atoms with van der Waals surface area (Å²) in [5.74, 6) is 1.80. The number of hydrogen-bond donors (Lipinski definition) is 1. The molecule has 0 aliphatic rings. The fourth-order valence-electron chi connectivity index (χ4n) is 2.54. The van der Waals surface area contributed by atoms with Crippen LogP contribution >= 0.6 is 0 Å². The van der Waals surface area contributed by atoms with Crippen LogP contribution in [-0.2, 0) is 20.1 Å². The largest absolute Gasteiger partial charge is 0.494 e. The summed E-state index contributed by atoms with van der Waals surface area (Å²) in [5.41, 5.74) is 2.35. The minimum absolute atomic E-state index is 0.593. The second-order valence-electron chi connectivity index (χ2n) is 5.68. The Morgan fingerprint density at radius 3 is 2.67 bits per heavy atom. The fourth-order valence-corrected chi connectivity index (χ4v) is 2.54. The van der Waals surface area contributed by atoms with E-state index < -0.39 is 0 Å². The van der Waals surface area contributed by atoms with E-state index in [0.29, 0.717) is 13.2 Å². The van der Waals surface area contributed by atoms with Gasteiger partial charge in [0.05, 0.1) is 19.7 Å². The minimum atomic E-state index is 0.593. The van der Waals surface area contributed by atoms with Gasteiger partial charge in [0.1, 0.15) is 5.75 Å². The van der Waals surface area contributed by atoms with Gasteiger partial charge in [-0.1, -0.05) is 18.2 Å². The molecule has 0 aliphatic heterocycles. The maximum atomic E-state index is 5.68. The maximum absolute atomic E-state index is 5.68. The summed E-state index contributed by atoms with van der Waals surface area (Å²) in [4.78, 5) is 6.92. The molecular formula is C19H28N4O. The summed E-state index contributed by atoms with van der Waals surface area (Å²) in [6.45, 7) is 6.98. The summed E-state index contributed by atoms with van der Waals surface area (Å²) in [6.07, 6.45) is 2.06. The van der Waals surface area contributed by atoms with Crippen molar-refractivity contribution in [3.05, 3.63) is 53.9 Å². The first-order chi connectivity index (χ1) is 11.7. The molecule has 0 radical (unpaired) electrons. The number of rotatable bonds is 7. The van der Waals surface area contributed by atoms with E-state index in [0.717, 1.165) is 30.4 Å². The SMILES string of the molecule is CCNC(=NCc1ccccc1OCC)N(C)Cc1cccn1C. The van der Waals surface area contributed by atoms with Gasteiger partial charge in [-0.25, -0.2) is 4.99 Å². The number of nitrogens with one attached hydrogen (secondary N) is 1. The molecule has 130 valence electrons. The number of aliphatic imine (C=N–C) groups is 1. The molecule has 1 aromatic carbocycles. The minimum Gasteiger partial charge on any atom is -0.494 e. The molecule has 1 N–H and O–H groups in total. The molecular weight excluding hydrogens is 300 g/mol. The van der Waals surface area contributed by atoms with E-state index in [4.69, 9.17) is 9.73 Å². The van der Waals surface area contributed by atoms with Crippen molar-refractivity contribution >= 4 is 5.96 Å². The smallest absolute Gasteiger partial charge is 0.194 e. The number of para-hydroxylation sites is 1. The topological polar surface area (TPSA) is 41.8 Å². The van der Waals surface area contributed by atoms with Gasteiger partial charge in [0.2, 0.25) is 0 Å². The molecule has 5 heteroatoms. The Kier molecular flexibility index (Phi) is 6.73. The molecule has 0 amide bonds. The predicted octanol–water partition coefficient (Wildman–Crippen LogP) is 3.02. The van der Waals surface area contributed by atoms with Crippen LogP contribution in [0.4, 0.5) is 0 Å². The Morgan fingerprint density at radius 1 is 1.21 bits per heavy atom. The highest BCUT2D eigenvalue weighted by Gasteiger charge is 2.09. The first kappa shape index (κ1) is 17.9. The van der Waals surface area contributed by atoms with Gasteiger partial charge >= 0.3 is 0 Å². The van der Waals surface area contributed by atoms with Gasteiger partial charge < -0.3 is 19.5 Å². The van der Waals surface area contributed by atoms with Crippen LogP contribution in [0.15, 0.2) is 47.6 Å². The summed E-state index contributed by atoms with van der Waals surface area (Å²) >= 11 is 0. The first-order valence-corrected chi connectivity index (χ1v) is 8.46. The van der Waals surface area contributed by atoms with Gasteiger partial charge in [0.25, 0.3) is 0 Å². The molecule has 2 aromatic rings. The highest BCUT2D eigenvalue weighted by molar-refractivity contribution is 5.79. The second kappa shape index (κ2) is 9.01. The normalized spacial score (nSPS) is 11.4. The van der Waals surface area contributed by atoms with E-state index in [1.165, 1.54) is 5.69 Å². The lowest BCUT2D eigenvalue weighted by atomic mass is 10.2. The van der Waals surface area contributed by atoms with Crippen molar-refractivity contribution < 1.29 is 4.74 Å². The molecule has 0 aliphatic carbocycles. The van der Waals surface area contributed by atoms with Gasteiger partial charge in [-0.05, 0) is 32.0 Å². The van der Waals surface area contributed by atoms with Crippen LogP contribution in [-0.4, -0.2) is 35.6 Å². The molecule has 2 rings (SSSR count). The van der Waals surface area contributed by atoms with E-state index in [9.17, 15) is 0 Å². The van der Waals surface area contributed by atoms with Crippen LogP contribution in [0.5, 0.6) is 5.75 Å². The Hall–Kier alpha value is -2.43. The average Bonchev–Trinajstić information content (AvgIpc) is 2.98. The third kappa shape index (κ3) is 4.78. The lowest BCUT2D eigenvalue weighted by molar-refractivity contribution is 0.336. The number of guanidine groups is 1. The number of ether oxygens (including phenoxy) is 1. The number of benzene rings is 1. The second-order valence-corrected chi connectivity index (χ2v) is 5.68. The van der Waals surface area contributed by atoms with E-state index in [2.05, 4.69) is 60.2 Å². The van der Waals surface area contributed by atoms with Crippen molar-refractivity contribution in [1.29, 1.82) is 0 Å². The van der Waals surface area contributed by atoms with Crippen molar-refractivity contribution in [3.63, 3.8) is 0 Å². The zero-order valence-corrected chi connectivity index (χ0v) is 15.1. The average molecular weight is 328 g/mol. The maximum Gasteiger partial charge on any atom is 0.194 e. The van der Waals surface area contributed by atoms with Crippen molar-refractivity contribution in [3.8, 4) is 5.75 Å². The molecule has 5 nitrogen and oxygen atoms in total. The van der Waals surface area contributed by atoms with Crippen LogP contribution in [0.25, 0.3) is 0 Å². The zero-order valence-electron chi connectivity index (χ0n) is 15.1. The molecule has 0 saturated carbocycles. The molecule has 1 heterocycles. The van der Waals surface area contributed by atoms with Gasteiger partial charge in [-0.2, -0.15) is 0 Å². The molecule has 0 saturated heterocycles. The van der Waals surface area contributed by atoms with Crippen LogP contribution in [0.3, 0.4) is 0 Å². The number of hydrogen-bond acceptors (Lipinski definition) is 2. The molecule has 1 aromatic heterocycles. The Morgan fingerprint density at radius 2 is 2.00 bits per heavy atom. The summed E-state index contributed by atoms with van der Waals surface area (Å²) in [6, 6.07) is 12.3. The highest BCUT2D eigenvalue weighted by Crippen LogP contribution is 2.19. The quantitative estimate of drug-likeness (QED) is 0.627. The number of aryl methyl sites for hydroxylation is 1.